The molecule has 1 aromatic heterocycles. The van der Waals surface area contributed by atoms with Crippen LogP contribution in [0.25, 0.3) is 11.0 Å². The summed E-state index contributed by atoms with van der Waals surface area (Å²) in [6.45, 7) is 1.50. The van der Waals surface area contributed by atoms with Gasteiger partial charge >= 0.3 is 0 Å². The molecule has 0 aliphatic carbocycles. The van der Waals surface area contributed by atoms with Crippen molar-refractivity contribution >= 4 is 50.1 Å². The van der Waals surface area contributed by atoms with Gasteiger partial charge in [0.1, 0.15) is 30.1 Å². The van der Waals surface area contributed by atoms with Crippen LogP contribution in [-0.4, -0.2) is 11.6 Å². The van der Waals surface area contributed by atoms with Crippen LogP contribution in [0.2, 0.25) is 10.0 Å². The molecule has 0 bridgehead atoms. The highest BCUT2D eigenvalue weighted by Crippen LogP contribution is 2.34. The molecular weight excluding hydrogens is 517 g/mol. The molecule has 0 spiro atoms. The van der Waals surface area contributed by atoms with Gasteiger partial charge in [0.05, 0.1) is 15.4 Å². The summed E-state index contributed by atoms with van der Waals surface area (Å²) >= 11 is 15.8. The summed E-state index contributed by atoms with van der Waals surface area (Å²) in [6, 6.07) is 16.2. The van der Waals surface area contributed by atoms with Crippen LogP contribution in [-0.2, 0) is 13.1 Å². The van der Waals surface area contributed by atoms with Crippen LogP contribution in [0.3, 0.4) is 0 Å². The van der Waals surface area contributed by atoms with Crippen molar-refractivity contribution in [2.24, 2.45) is 0 Å². The van der Waals surface area contributed by atoms with E-state index in [9.17, 15) is 4.79 Å². The third-order valence-corrected chi connectivity index (χ3v) is 6.46. The minimum Gasteiger partial charge on any atom is -0.478 e. The van der Waals surface area contributed by atoms with Crippen molar-refractivity contribution in [2.45, 2.75) is 13.1 Å². The van der Waals surface area contributed by atoms with Crippen LogP contribution in [0.15, 0.2) is 74.5 Å². The van der Waals surface area contributed by atoms with E-state index in [1.54, 1.807) is 24.3 Å². The van der Waals surface area contributed by atoms with Gasteiger partial charge in [-0.15, -0.1) is 0 Å². The number of benzene rings is 3. The number of hydrogen-bond donors (Lipinski definition) is 0. The zero-order chi connectivity index (χ0) is 22.2. The predicted octanol–water partition coefficient (Wildman–Crippen LogP) is 7.01. The summed E-state index contributed by atoms with van der Waals surface area (Å²) in [5, 5.41) is 1.62. The first-order chi connectivity index (χ1) is 15.5. The summed E-state index contributed by atoms with van der Waals surface area (Å²) < 4.78 is 18.3. The predicted molar refractivity (Wildman–Crippen MR) is 128 cm³/mol. The monoisotopic (exact) mass is 531 g/mol. The summed E-state index contributed by atoms with van der Waals surface area (Å²) in [5.74, 6) is 1.34. The Balaban J connectivity index is 1.46. The molecule has 1 aliphatic rings. The first kappa shape index (κ1) is 21.3. The van der Waals surface area contributed by atoms with Crippen molar-refractivity contribution in [2.75, 3.05) is 6.73 Å². The zero-order valence-electron chi connectivity index (χ0n) is 16.6. The van der Waals surface area contributed by atoms with E-state index < -0.39 is 0 Å². The second kappa shape index (κ2) is 8.79. The Labute approximate surface area is 202 Å². The van der Waals surface area contributed by atoms with E-state index >= 15 is 0 Å². The fourth-order valence-electron chi connectivity index (χ4n) is 3.65. The van der Waals surface area contributed by atoms with Crippen molar-refractivity contribution in [1.82, 2.24) is 4.90 Å². The van der Waals surface area contributed by atoms with Crippen molar-refractivity contribution < 1.29 is 13.9 Å². The van der Waals surface area contributed by atoms with Crippen molar-refractivity contribution in [3.05, 3.63) is 96.7 Å². The van der Waals surface area contributed by atoms with Gasteiger partial charge in [-0.05, 0) is 57.9 Å². The largest absolute Gasteiger partial charge is 0.478 e. The van der Waals surface area contributed by atoms with Gasteiger partial charge in [0.2, 0.25) is 11.2 Å². The molecule has 4 aromatic rings. The molecule has 2 heterocycles. The molecule has 0 saturated heterocycles. The number of ether oxygens (including phenoxy) is 2. The van der Waals surface area contributed by atoms with E-state index in [2.05, 4.69) is 20.8 Å². The molecule has 3 aromatic carbocycles. The van der Waals surface area contributed by atoms with Crippen LogP contribution < -0.4 is 14.9 Å². The van der Waals surface area contributed by atoms with Crippen LogP contribution in [0.1, 0.15) is 11.1 Å². The van der Waals surface area contributed by atoms with Crippen LogP contribution in [0.4, 0.5) is 0 Å². The van der Waals surface area contributed by atoms with Crippen molar-refractivity contribution in [3.8, 4) is 17.2 Å². The van der Waals surface area contributed by atoms with E-state index in [-0.39, 0.29) is 11.2 Å². The topological polar surface area (TPSA) is 51.9 Å². The van der Waals surface area contributed by atoms with Gasteiger partial charge < -0.3 is 13.9 Å². The summed E-state index contributed by atoms with van der Waals surface area (Å²) in [7, 11) is 0. The van der Waals surface area contributed by atoms with Gasteiger partial charge in [-0.3, -0.25) is 9.69 Å². The van der Waals surface area contributed by atoms with Gasteiger partial charge in [-0.1, -0.05) is 41.4 Å². The Bertz CT molecular complexity index is 1390. The lowest BCUT2D eigenvalue weighted by molar-refractivity contribution is 0.0890. The molecule has 0 fully saturated rings. The van der Waals surface area contributed by atoms with E-state index in [1.165, 1.54) is 6.26 Å². The molecule has 0 atom stereocenters. The van der Waals surface area contributed by atoms with Crippen LogP contribution >= 0.6 is 39.1 Å². The molecule has 162 valence electrons. The van der Waals surface area contributed by atoms with E-state index in [0.717, 1.165) is 15.6 Å². The Morgan fingerprint density at radius 3 is 2.72 bits per heavy atom. The average molecular weight is 533 g/mol. The maximum absolute atomic E-state index is 13.1. The molecule has 8 heteroatoms. The van der Waals surface area contributed by atoms with Gasteiger partial charge in [0, 0.05) is 23.1 Å². The maximum Gasteiger partial charge on any atom is 0.235 e. The quantitative estimate of drug-likeness (QED) is 0.283. The number of fused-ring (bicyclic) bond motifs is 3. The number of halogens is 3. The molecule has 5 rings (SSSR count). The lowest BCUT2D eigenvalue weighted by atomic mass is 10.1. The van der Waals surface area contributed by atoms with Gasteiger partial charge in [0.25, 0.3) is 0 Å². The van der Waals surface area contributed by atoms with E-state index in [1.807, 2.05) is 30.3 Å². The molecule has 32 heavy (non-hydrogen) atoms. The molecule has 0 unspecified atom stereocenters. The highest BCUT2D eigenvalue weighted by molar-refractivity contribution is 9.10. The fraction of sp³-hybridized carbons (Fsp3) is 0.125. The highest BCUT2D eigenvalue weighted by Gasteiger charge is 2.23. The van der Waals surface area contributed by atoms with Gasteiger partial charge in [0.15, 0.2) is 0 Å². The molecule has 0 amide bonds. The average Bonchev–Trinajstić information content (AvgIpc) is 2.79. The van der Waals surface area contributed by atoms with Gasteiger partial charge in [-0.25, -0.2) is 0 Å². The lowest BCUT2D eigenvalue weighted by Gasteiger charge is -2.29. The first-order valence-electron chi connectivity index (χ1n) is 9.78. The highest BCUT2D eigenvalue weighted by atomic mass is 79.9. The summed E-state index contributed by atoms with van der Waals surface area (Å²) in [4.78, 5) is 15.2. The molecule has 0 radical (unpaired) electrons. The van der Waals surface area contributed by atoms with Crippen LogP contribution in [0, 0.1) is 0 Å². The molecular formula is C24H16BrCl2NO4. The Morgan fingerprint density at radius 2 is 1.91 bits per heavy atom. The van der Waals surface area contributed by atoms with Crippen LogP contribution in [0.5, 0.6) is 17.2 Å². The molecule has 0 saturated carbocycles. The first-order valence-corrected chi connectivity index (χ1v) is 11.3. The second-order valence-corrected chi connectivity index (χ2v) is 9.07. The normalized spacial score (nSPS) is 13.6. The zero-order valence-corrected chi connectivity index (χ0v) is 19.7. The Morgan fingerprint density at radius 1 is 1.06 bits per heavy atom. The van der Waals surface area contributed by atoms with Gasteiger partial charge in [-0.2, -0.15) is 0 Å². The minimum atomic E-state index is -0.248. The number of hydrogen-bond acceptors (Lipinski definition) is 5. The molecule has 0 N–H and O–H groups in total. The second-order valence-electron chi connectivity index (χ2n) is 7.38. The van der Waals surface area contributed by atoms with Crippen molar-refractivity contribution in [1.29, 1.82) is 0 Å². The lowest BCUT2D eigenvalue weighted by Crippen LogP contribution is -2.31. The number of rotatable bonds is 4. The van der Waals surface area contributed by atoms with Crippen molar-refractivity contribution in [3.63, 3.8) is 0 Å². The SMILES string of the molecule is O=c1c(Oc2ccccc2Br)coc2c3c(ccc12)OCN(Cc1ccc(Cl)cc1Cl)C3. The third kappa shape index (κ3) is 4.11. The smallest absolute Gasteiger partial charge is 0.235 e. The third-order valence-electron chi connectivity index (χ3n) is 5.22. The van der Waals surface area contributed by atoms with E-state index in [0.29, 0.717) is 52.3 Å². The standard InChI is InChI=1S/C24H16BrCl2NO4/c25-18-3-1-2-4-21(18)32-22-12-30-24-16(23(22)29)7-8-20-17(24)11-28(13-31-20)10-14-5-6-15(26)9-19(14)27/h1-9,12H,10-11,13H2. The Kier molecular flexibility index (Phi) is 5.86. The Hall–Kier alpha value is -2.51. The maximum atomic E-state index is 13.1. The summed E-state index contributed by atoms with van der Waals surface area (Å²) in [5.41, 5.74) is 1.99. The number of para-hydroxylation sites is 1. The summed E-state index contributed by atoms with van der Waals surface area (Å²) in [6.07, 6.45) is 1.35. The fourth-order valence-corrected chi connectivity index (χ4v) is 4.48. The molecule has 5 nitrogen and oxygen atoms in total. The molecule has 1 aliphatic heterocycles. The minimum absolute atomic E-state index is 0.117. The number of nitrogens with zero attached hydrogens (tertiary/aromatic N) is 1. The van der Waals surface area contributed by atoms with E-state index in [4.69, 9.17) is 37.1 Å².